The maximum Gasteiger partial charge on any atom is 0.323 e. The molecular formula is C94H122ClFN16O18S8. The number of carboxylic acids is 8. The zero-order chi connectivity index (χ0) is 95.1. The molecule has 0 aliphatic heterocycles. The number of carboxylic acid groups (broad SMARTS) is 8. The molecule has 8 unspecified atom stereocenters. The largest absolute Gasteiger partial charge is 0.497 e. The van der Waals surface area contributed by atoms with E-state index in [9.17, 15) is 42.7 Å². The molecule has 138 heavy (non-hydrogen) atoms. The van der Waals surface area contributed by atoms with E-state index in [1.165, 1.54) is 24.6 Å². The van der Waals surface area contributed by atoms with E-state index in [-0.39, 0.29) is 120 Å². The zero-order valence-electron chi connectivity index (χ0n) is 75.8. The summed E-state index contributed by atoms with van der Waals surface area (Å²) >= 11 is 5.85. The van der Waals surface area contributed by atoms with Crippen LogP contribution < -0.4 is 55.3 Å². The minimum absolute atomic E-state index is 0. The lowest BCUT2D eigenvalue weighted by atomic mass is 9.94. The van der Waals surface area contributed by atoms with E-state index in [1.807, 2.05) is 167 Å². The first-order valence-electron chi connectivity index (χ1n) is 40.6. The van der Waals surface area contributed by atoms with Gasteiger partial charge in [-0.2, -0.15) is 108 Å². The van der Waals surface area contributed by atoms with Gasteiger partial charge in [0.2, 0.25) is 0 Å². The van der Waals surface area contributed by atoms with Crippen LogP contribution in [0.25, 0.3) is 87.2 Å². The maximum atomic E-state index is 13.0. The van der Waals surface area contributed by atoms with E-state index in [0.717, 1.165) is 143 Å². The average Bonchev–Trinajstić information content (AvgIpc) is 1.67. The molecule has 16 aromatic rings. The Morgan fingerprint density at radius 2 is 0.645 bits per heavy atom. The number of carbonyl (C=O) groups is 8. The Morgan fingerprint density at radius 3 is 1.10 bits per heavy atom. The molecule has 0 bridgehead atoms. The van der Waals surface area contributed by atoms with Crippen molar-refractivity contribution in [2.45, 2.75) is 127 Å². The zero-order valence-corrected chi connectivity index (χ0v) is 84.5. The molecule has 8 aromatic heterocycles. The van der Waals surface area contributed by atoms with Crippen LogP contribution in [0.4, 0.5) is 4.39 Å². The summed E-state index contributed by atoms with van der Waals surface area (Å²) < 4.78 is 23.3. The Morgan fingerprint density at radius 1 is 0.333 bits per heavy atom. The number of rotatable bonds is 26. The number of fused-ring (bicyclic) bond motifs is 8. The van der Waals surface area contributed by atoms with Crippen LogP contribution in [-0.4, -0.2) is 191 Å². The van der Waals surface area contributed by atoms with Crippen molar-refractivity contribution in [2.24, 2.45) is 45.9 Å². The second kappa shape index (κ2) is 57.5. The summed E-state index contributed by atoms with van der Waals surface area (Å²) in [7, 11) is 3.20. The van der Waals surface area contributed by atoms with E-state index in [4.69, 9.17) is 108 Å². The van der Waals surface area contributed by atoms with Crippen molar-refractivity contribution in [1.29, 1.82) is 0 Å². The van der Waals surface area contributed by atoms with Gasteiger partial charge in [0.25, 0.3) is 0 Å². The fourth-order valence-corrected chi connectivity index (χ4v) is 14.4. The van der Waals surface area contributed by atoms with Gasteiger partial charge in [-0.15, -0.1) is 0 Å². The number of methoxy groups -OCH3 is 2. The lowest BCUT2D eigenvalue weighted by Gasteiger charge is -2.18. The third-order valence-corrected chi connectivity index (χ3v) is 21.6. The van der Waals surface area contributed by atoms with Crippen molar-refractivity contribution in [3.8, 4) is 11.5 Å². The fourth-order valence-electron chi connectivity index (χ4n) is 14.2. The molecule has 0 saturated carbocycles. The standard InChI is InChI=1S/2C12H14N2O3.4C12H14N2O2.C11H11ClN2O2.C11H11FN2O2.8H2S/c1-17-8-2-3-11-9(5-8)7(6-14-11)4-10(13)12(15)16;1-17-8-2-3-9-7(4-10(13)12(15)16)6-14-11(9)5-8;1-7-2-3-9-8(5-10(13)12(15)16)6-14-11(9)4-7;1-7-3-2-4-10-11(7)8(6-14-10)5-9(13)12(15)16;1-7-3-2-4-9-8(6-14-11(7)9)5-10(13)12(15)16;1-12(13,11(15)16)6-8-7-14-10-5-3-2-4-9(8)10;12-7-1-2-8-6(3-9(13)11(15)16)5-14-10(8)4-7;12-7-1-2-10-8(4-7)6(5-14-10)3-9(13)11(15)16;;;;;;;;/h2*2-3,5-6,10,14H,4,13H2,1H3,(H,15,16);2-4,6,10,14H,5,13H2,1H3,(H,15,16);2-4,6,9,14H,5,13H2,1H3,(H,15,16);2-4,6,10,14H,5,13H2,1H3,(H,15,16);2-5,7,14H,6,13H2,1H3,(H,15,16);2*1-2,4-5,9,14H,3,13H2,(H,15,16);8*1H2. The Hall–Kier alpha value is -11.9. The van der Waals surface area contributed by atoms with Gasteiger partial charge in [0, 0.05) is 199 Å². The van der Waals surface area contributed by atoms with Crippen LogP contribution in [-0.2, 0) is 89.7 Å². The van der Waals surface area contributed by atoms with Crippen LogP contribution in [0.3, 0.4) is 0 Å². The number of hydrogen-bond acceptors (Lipinski definition) is 18. The number of aromatic nitrogens is 8. The SMILES string of the molecule is CC(N)(Cc1c[nH]c2ccccc12)C(=O)O.COc1ccc2[nH]cc(CC(N)C(=O)O)c2c1.COc1ccc2c(CC(N)C(=O)O)c[nH]c2c1.Cc1ccc2c(CC(N)C(=O)O)c[nH]c2c1.Cc1cccc2[nH]cc(CC(N)C(=O)O)c12.Cc1cccc2c(CC(N)C(=O)O)c[nH]c12.NC(Cc1c[nH]c2cc(Cl)ccc12)C(=O)O.NC(Cc1c[nH]c2ccc(F)cc12)C(=O)O.S.S.S.S.S.S.S.S. The molecular weight excluding hydrogens is 1950 g/mol. The Kier molecular flexibility index (Phi) is 51.7. The monoisotopic (exact) mass is 2070 g/mol. The summed E-state index contributed by atoms with van der Waals surface area (Å²) in [5.41, 5.74) is 61.3. The normalized spacial score (nSPS) is 12.3. The minimum Gasteiger partial charge on any atom is -0.497 e. The Labute approximate surface area is 853 Å². The molecule has 8 aromatic carbocycles. The fraction of sp³-hybridized carbons (Fsp3) is 0.234. The third-order valence-electron chi connectivity index (χ3n) is 21.4. The number of ether oxygens (including phenoxy) is 2. The molecule has 32 N–H and O–H groups in total. The number of nitrogens with one attached hydrogen (secondary N) is 8. The Balaban J connectivity index is 0.000000782. The molecule has 0 saturated heterocycles. The summed E-state index contributed by atoms with van der Waals surface area (Å²) in [6.45, 7) is 7.56. The van der Waals surface area contributed by atoms with Gasteiger partial charge in [-0.3, -0.25) is 38.4 Å². The second-order valence-electron chi connectivity index (χ2n) is 31.2. The number of aliphatic carboxylic acids is 8. The van der Waals surface area contributed by atoms with E-state index in [2.05, 4.69) is 39.9 Å². The molecule has 0 amide bonds. The first-order valence-corrected chi connectivity index (χ1v) is 41.0. The number of halogens is 2. The van der Waals surface area contributed by atoms with Crippen LogP contribution in [0.1, 0.15) is 68.1 Å². The van der Waals surface area contributed by atoms with E-state index < -0.39 is 95.6 Å². The number of nitrogens with two attached hydrogens (primary N) is 8. The molecule has 0 spiro atoms. The quantitative estimate of drug-likeness (QED) is 0.0239. The highest BCUT2D eigenvalue weighted by Gasteiger charge is 2.30. The van der Waals surface area contributed by atoms with Crippen molar-refractivity contribution in [1.82, 2.24) is 39.9 Å². The number of aromatic amines is 8. The number of para-hydroxylation sites is 2. The van der Waals surface area contributed by atoms with Crippen molar-refractivity contribution < 1.29 is 93.1 Å². The molecule has 16 rings (SSSR count). The lowest BCUT2D eigenvalue weighted by Crippen LogP contribution is -2.46. The van der Waals surface area contributed by atoms with Crippen LogP contribution in [0.5, 0.6) is 11.5 Å². The molecule has 748 valence electrons. The number of H-pyrrole nitrogens is 8. The van der Waals surface area contributed by atoms with Crippen molar-refractivity contribution in [3.63, 3.8) is 0 Å². The minimum atomic E-state index is -1.23. The van der Waals surface area contributed by atoms with Crippen LogP contribution in [0.15, 0.2) is 201 Å². The molecule has 8 atom stereocenters. The first kappa shape index (κ1) is 124. The molecule has 44 heteroatoms. The average molecular weight is 2080 g/mol. The first-order chi connectivity index (χ1) is 61.6. The summed E-state index contributed by atoms with van der Waals surface area (Å²) in [6, 6.07) is 40.5. The molecule has 0 radical (unpaired) electrons. The third kappa shape index (κ3) is 34.0. The van der Waals surface area contributed by atoms with Gasteiger partial charge in [-0.25, -0.2) is 4.39 Å². The smallest absolute Gasteiger partial charge is 0.323 e. The summed E-state index contributed by atoms with van der Waals surface area (Å²) in [5.74, 6) is -6.80. The van der Waals surface area contributed by atoms with Gasteiger partial charge in [-0.05, 0) is 168 Å². The van der Waals surface area contributed by atoms with Gasteiger partial charge >= 0.3 is 47.8 Å². The molecule has 0 fully saturated rings. The van der Waals surface area contributed by atoms with E-state index >= 15 is 0 Å². The molecule has 0 aliphatic carbocycles. The highest BCUT2D eigenvalue weighted by atomic mass is 35.5. The predicted octanol–water partition coefficient (Wildman–Crippen LogP) is 12.0. The lowest BCUT2D eigenvalue weighted by molar-refractivity contribution is -0.143. The molecule has 0 aliphatic rings. The number of aryl methyl sites for hydroxylation is 3. The molecule has 8 heterocycles. The van der Waals surface area contributed by atoms with Crippen molar-refractivity contribution >= 4 is 255 Å². The van der Waals surface area contributed by atoms with Gasteiger partial charge in [0.05, 0.1) is 14.2 Å². The number of hydrogen-bond donors (Lipinski definition) is 24. The topological polar surface area (TPSA) is 651 Å². The van der Waals surface area contributed by atoms with Crippen LogP contribution >= 0.6 is 120 Å². The molecule has 34 nitrogen and oxygen atoms in total. The van der Waals surface area contributed by atoms with Crippen molar-refractivity contribution in [3.05, 3.63) is 273 Å². The highest BCUT2D eigenvalue weighted by Crippen LogP contribution is 2.31. The summed E-state index contributed by atoms with van der Waals surface area (Å²) in [4.78, 5) is 110. The van der Waals surface area contributed by atoms with Gasteiger partial charge in [0.1, 0.15) is 65.1 Å². The predicted molar refractivity (Wildman–Crippen MR) is 581 cm³/mol. The van der Waals surface area contributed by atoms with Gasteiger partial charge in [-0.1, -0.05) is 78.3 Å². The highest BCUT2D eigenvalue weighted by molar-refractivity contribution is 7.60. The summed E-state index contributed by atoms with van der Waals surface area (Å²) in [5, 5.41) is 78.7. The second-order valence-corrected chi connectivity index (χ2v) is 31.7. The maximum absolute atomic E-state index is 13.0. The summed E-state index contributed by atoms with van der Waals surface area (Å²) in [6.07, 6.45) is 16.7. The van der Waals surface area contributed by atoms with Crippen LogP contribution in [0.2, 0.25) is 5.02 Å². The van der Waals surface area contributed by atoms with E-state index in [1.54, 1.807) is 57.2 Å². The Bertz CT molecular complexity index is 6580. The van der Waals surface area contributed by atoms with Crippen molar-refractivity contribution in [2.75, 3.05) is 14.2 Å². The van der Waals surface area contributed by atoms with E-state index in [0.29, 0.717) is 60.9 Å². The van der Waals surface area contributed by atoms with Crippen LogP contribution in [0, 0.1) is 26.6 Å². The van der Waals surface area contributed by atoms with Gasteiger partial charge in [0.15, 0.2) is 0 Å². The number of benzene rings is 8. The van der Waals surface area contributed by atoms with Gasteiger partial charge < -0.3 is 136 Å².